The van der Waals surface area contributed by atoms with Crippen LogP contribution in [0.4, 0.5) is 5.69 Å². The van der Waals surface area contributed by atoms with Gasteiger partial charge in [0.2, 0.25) is 0 Å². The Bertz CT molecular complexity index is 681. The zero-order valence-corrected chi connectivity index (χ0v) is 18.1. The van der Waals surface area contributed by atoms with E-state index in [2.05, 4.69) is 69.7 Å². The summed E-state index contributed by atoms with van der Waals surface area (Å²) >= 11 is 1.74. The van der Waals surface area contributed by atoms with Crippen LogP contribution in [0.2, 0.25) is 0 Å². The molecule has 0 saturated carbocycles. The van der Waals surface area contributed by atoms with Gasteiger partial charge >= 0.3 is 0 Å². The molecule has 1 aliphatic rings. The average molecular weight is 471 g/mol. The summed E-state index contributed by atoms with van der Waals surface area (Å²) in [4.78, 5) is 12.6. The number of nitrogens with zero attached hydrogens (tertiary/aromatic N) is 3. The second-order valence-electron chi connectivity index (χ2n) is 6.09. The molecule has 2 heterocycles. The lowest BCUT2D eigenvalue weighted by Crippen LogP contribution is -2.44. The monoisotopic (exact) mass is 471 g/mol. The van der Waals surface area contributed by atoms with Crippen molar-refractivity contribution in [3.63, 3.8) is 0 Å². The molecule has 7 heteroatoms. The van der Waals surface area contributed by atoms with Gasteiger partial charge in [-0.05, 0) is 32.4 Å². The van der Waals surface area contributed by atoms with E-state index >= 15 is 0 Å². The molecule has 1 fully saturated rings. The van der Waals surface area contributed by atoms with Gasteiger partial charge in [0.1, 0.15) is 5.01 Å². The summed E-state index contributed by atoms with van der Waals surface area (Å²) in [5, 5.41) is 8.01. The topological polar surface area (TPSA) is 52.6 Å². The number of benzene rings is 1. The van der Waals surface area contributed by atoms with Crippen LogP contribution in [0.1, 0.15) is 22.0 Å². The molecule has 1 unspecified atom stereocenters. The van der Waals surface area contributed by atoms with Crippen molar-refractivity contribution in [3.8, 4) is 0 Å². The molecule has 2 aromatic rings. The van der Waals surface area contributed by atoms with Gasteiger partial charge in [0.05, 0.1) is 12.2 Å². The number of aromatic nitrogens is 1. The molecule has 5 nitrogen and oxygen atoms in total. The van der Waals surface area contributed by atoms with Crippen LogP contribution < -0.4 is 15.5 Å². The van der Waals surface area contributed by atoms with Crippen LogP contribution in [0, 0.1) is 13.8 Å². The van der Waals surface area contributed by atoms with Gasteiger partial charge in [0, 0.05) is 36.7 Å². The molecule has 1 aromatic carbocycles. The molecule has 1 atom stereocenters. The molecule has 136 valence electrons. The minimum atomic E-state index is 0. The summed E-state index contributed by atoms with van der Waals surface area (Å²) in [5.74, 6) is 0.848. The van der Waals surface area contributed by atoms with E-state index in [9.17, 15) is 0 Å². The Morgan fingerprint density at radius 2 is 2.08 bits per heavy atom. The fraction of sp³-hybridized carbons (Fsp3) is 0.444. The minimum absolute atomic E-state index is 0. The molecule has 1 aliphatic heterocycles. The van der Waals surface area contributed by atoms with Crippen LogP contribution in [0.25, 0.3) is 0 Å². The van der Waals surface area contributed by atoms with Crippen molar-refractivity contribution >= 4 is 47.0 Å². The van der Waals surface area contributed by atoms with Crippen molar-refractivity contribution in [1.29, 1.82) is 0 Å². The highest BCUT2D eigenvalue weighted by molar-refractivity contribution is 14.0. The SMILES string of the molecule is CN=C(NCc1nc(C)c(C)s1)NC1CCN(c2ccccc2)C1.I. The molecule has 2 N–H and O–H groups in total. The molecular formula is C18H26IN5S. The fourth-order valence-electron chi connectivity index (χ4n) is 2.91. The maximum absolute atomic E-state index is 4.57. The van der Waals surface area contributed by atoms with Gasteiger partial charge in [-0.15, -0.1) is 35.3 Å². The molecule has 0 radical (unpaired) electrons. The molecule has 3 rings (SSSR count). The third-order valence-electron chi connectivity index (χ3n) is 4.35. The third-order valence-corrected chi connectivity index (χ3v) is 5.43. The normalized spacial score (nSPS) is 17.3. The Morgan fingerprint density at radius 1 is 1.32 bits per heavy atom. The molecular weight excluding hydrogens is 445 g/mol. The van der Waals surface area contributed by atoms with Crippen molar-refractivity contribution in [2.75, 3.05) is 25.0 Å². The maximum Gasteiger partial charge on any atom is 0.191 e. The Balaban J connectivity index is 0.00000225. The maximum atomic E-state index is 4.57. The summed E-state index contributed by atoms with van der Waals surface area (Å²) in [5.41, 5.74) is 2.41. The number of nitrogens with one attached hydrogen (secondary N) is 2. The highest BCUT2D eigenvalue weighted by Gasteiger charge is 2.23. The van der Waals surface area contributed by atoms with Crippen molar-refractivity contribution < 1.29 is 0 Å². The zero-order valence-electron chi connectivity index (χ0n) is 15.0. The van der Waals surface area contributed by atoms with E-state index in [1.54, 1.807) is 11.3 Å². The summed E-state index contributed by atoms with van der Waals surface area (Å²) in [7, 11) is 1.82. The van der Waals surface area contributed by atoms with Gasteiger partial charge in [0.25, 0.3) is 0 Å². The van der Waals surface area contributed by atoms with Crippen LogP contribution in [0.3, 0.4) is 0 Å². The number of guanidine groups is 1. The Labute approximate surface area is 171 Å². The van der Waals surface area contributed by atoms with Crippen LogP contribution in [0.5, 0.6) is 0 Å². The number of rotatable bonds is 4. The van der Waals surface area contributed by atoms with Gasteiger partial charge in [-0.25, -0.2) is 4.98 Å². The lowest BCUT2D eigenvalue weighted by molar-refractivity contribution is 0.648. The second kappa shape index (κ2) is 9.38. The van der Waals surface area contributed by atoms with E-state index in [0.29, 0.717) is 12.6 Å². The minimum Gasteiger partial charge on any atom is -0.369 e. The van der Waals surface area contributed by atoms with E-state index < -0.39 is 0 Å². The van der Waals surface area contributed by atoms with E-state index in [-0.39, 0.29) is 24.0 Å². The van der Waals surface area contributed by atoms with E-state index in [0.717, 1.165) is 36.2 Å². The van der Waals surface area contributed by atoms with Crippen molar-refractivity contribution in [2.24, 2.45) is 4.99 Å². The fourth-order valence-corrected chi connectivity index (χ4v) is 3.79. The van der Waals surface area contributed by atoms with Crippen LogP contribution in [-0.2, 0) is 6.54 Å². The summed E-state index contributed by atoms with van der Waals surface area (Å²) < 4.78 is 0. The average Bonchev–Trinajstić information content (AvgIpc) is 3.19. The number of para-hydroxylation sites is 1. The number of aryl methyl sites for hydroxylation is 2. The van der Waals surface area contributed by atoms with Crippen LogP contribution in [0.15, 0.2) is 35.3 Å². The number of thiazole rings is 1. The molecule has 1 aromatic heterocycles. The molecule has 0 bridgehead atoms. The number of halogens is 1. The first-order valence-electron chi connectivity index (χ1n) is 8.36. The van der Waals surface area contributed by atoms with E-state index in [1.165, 1.54) is 10.6 Å². The molecule has 0 amide bonds. The number of aliphatic imine (C=N–C) groups is 1. The number of hydrogen-bond acceptors (Lipinski definition) is 4. The smallest absolute Gasteiger partial charge is 0.191 e. The van der Waals surface area contributed by atoms with E-state index in [1.807, 2.05) is 7.05 Å². The highest BCUT2D eigenvalue weighted by atomic mass is 127. The van der Waals surface area contributed by atoms with Gasteiger partial charge in [-0.2, -0.15) is 0 Å². The Morgan fingerprint density at radius 3 is 2.72 bits per heavy atom. The quantitative estimate of drug-likeness (QED) is 0.408. The van der Waals surface area contributed by atoms with Gasteiger partial charge < -0.3 is 15.5 Å². The van der Waals surface area contributed by atoms with Gasteiger partial charge in [-0.1, -0.05) is 18.2 Å². The standard InChI is InChI=1S/C18H25N5S.HI/c1-13-14(2)24-17(21-13)11-20-18(19-3)22-15-9-10-23(12-15)16-7-5-4-6-8-16;/h4-8,15H,9-12H2,1-3H3,(H2,19,20,22);1H. The van der Waals surface area contributed by atoms with Gasteiger partial charge in [0.15, 0.2) is 5.96 Å². The summed E-state index contributed by atoms with van der Waals surface area (Å²) in [6, 6.07) is 11.0. The van der Waals surface area contributed by atoms with Crippen molar-refractivity contribution in [1.82, 2.24) is 15.6 Å². The molecule has 25 heavy (non-hydrogen) atoms. The predicted molar refractivity (Wildman–Crippen MR) is 117 cm³/mol. The summed E-state index contributed by atoms with van der Waals surface area (Å²) in [6.45, 7) is 6.96. The lowest BCUT2D eigenvalue weighted by Gasteiger charge is -2.20. The number of hydrogen-bond donors (Lipinski definition) is 2. The Hall–Kier alpha value is -1.35. The molecule has 1 saturated heterocycles. The molecule has 0 aliphatic carbocycles. The van der Waals surface area contributed by atoms with Crippen LogP contribution >= 0.6 is 35.3 Å². The first kappa shape index (κ1) is 20.0. The van der Waals surface area contributed by atoms with E-state index in [4.69, 9.17) is 0 Å². The van der Waals surface area contributed by atoms with Crippen LogP contribution in [-0.4, -0.2) is 37.1 Å². The highest BCUT2D eigenvalue weighted by Crippen LogP contribution is 2.19. The number of anilines is 1. The van der Waals surface area contributed by atoms with Crippen molar-refractivity contribution in [3.05, 3.63) is 45.9 Å². The molecule has 0 spiro atoms. The zero-order chi connectivity index (χ0) is 16.9. The van der Waals surface area contributed by atoms with Crippen molar-refractivity contribution in [2.45, 2.75) is 32.9 Å². The Kier molecular flexibility index (Phi) is 7.49. The van der Waals surface area contributed by atoms with Gasteiger partial charge in [-0.3, -0.25) is 4.99 Å². The first-order chi connectivity index (χ1) is 11.7. The predicted octanol–water partition coefficient (Wildman–Crippen LogP) is 3.32. The largest absolute Gasteiger partial charge is 0.369 e. The lowest BCUT2D eigenvalue weighted by atomic mass is 10.3. The third kappa shape index (κ3) is 5.31. The first-order valence-corrected chi connectivity index (χ1v) is 9.17. The second-order valence-corrected chi connectivity index (χ2v) is 7.37. The summed E-state index contributed by atoms with van der Waals surface area (Å²) in [6.07, 6.45) is 1.12.